The third kappa shape index (κ3) is 3.64. The van der Waals surface area contributed by atoms with E-state index >= 15 is 0 Å². The van der Waals surface area contributed by atoms with Crippen molar-refractivity contribution in [1.82, 2.24) is 5.32 Å². The molecule has 0 spiro atoms. The zero-order chi connectivity index (χ0) is 15.4. The molecule has 1 aliphatic rings. The summed E-state index contributed by atoms with van der Waals surface area (Å²) in [5.74, 6) is 3.14. The van der Waals surface area contributed by atoms with E-state index in [1.165, 1.54) is 12.0 Å². The zero-order valence-corrected chi connectivity index (χ0v) is 14.2. The molecule has 1 aliphatic heterocycles. The van der Waals surface area contributed by atoms with Crippen LogP contribution >= 0.6 is 11.6 Å². The summed E-state index contributed by atoms with van der Waals surface area (Å²) >= 11 is 6.60. The van der Waals surface area contributed by atoms with Gasteiger partial charge in [-0.3, -0.25) is 0 Å². The highest BCUT2D eigenvalue weighted by Gasteiger charge is 2.30. The van der Waals surface area contributed by atoms with E-state index in [1.807, 2.05) is 6.07 Å². The summed E-state index contributed by atoms with van der Waals surface area (Å²) in [7, 11) is 3.28. The summed E-state index contributed by atoms with van der Waals surface area (Å²) in [6.45, 7) is 6.67. The third-order valence-corrected chi connectivity index (χ3v) is 4.69. The minimum absolute atomic E-state index is 0.487. The lowest BCUT2D eigenvalue weighted by molar-refractivity contribution is 0.279. The second kappa shape index (κ2) is 7.37. The van der Waals surface area contributed by atoms with Crippen LogP contribution in [-0.4, -0.2) is 27.3 Å². The van der Waals surface area contributed by atoms with Gasteiger partial charge in [0.15, 0.2) is 11.5 Å². The largest absolute Gasteiger partial charge is 0.493 e. The van der Waals surface area contributed by atoms with Gasteiger partial charge in [0.1, 0.15) is 0 Å². The average Bonchev–Trinajstić information content (AvgIpc) is 2.47. The summed E-state index contributed by atoms with van der Waals surface area (Å²) in [4.78, 5) is 0. The van der Waals surface area contributed by atoms with E-state index in [-0.39, 0.29) is 0 Å². The molecule has 1 heterocycles. The predicted octanol–water partition coefficient (Wildman–Crippen LogP) is 4.10. The number of rotatable bonds is 5. The van der Waals surface area contributed by atoms with Crippen molar-refractivity contribution < 1.29 is 9.47 Å². The van der Waals surface area contributed by atoms with Crippen LogP contribution in [0.15, 0.2) is 12.1 Å². The van der Waals surface area contributed by atoms with Gasteiger partial charge in [0, 0.05) is 0 Å². The van der Waals surface area contributed by atoms with Gasteiger partial charge in [0.2, 0.25) is 0 Å². The van der Waals surface area contributed by atoms with Gasteiger partial charge in [-0.05, 0) is 55.3 Å². The van der Waals surface area contributed by atoms with Crippen LogP contribution in [0, 0.1) is 11.8 Å². The van der Waals surface area contributed by atoms with Crippen LogP contribution in [0.5, 0.6) is 11.5 Å². The lowest BCUT2D eigenvalue weighted by Crippen LogP contribution is -2.36. The summed E-state index contributed by atoms with van der Waals surface area (Å²) < 4.78 is 10.8. The summed E-state index contributed by atoms with van der Waals surface area (Å²) in [5.41, 5.74) is 1.20. The molecule has 1 fully saturated rings. The smallest absolute Gasteiger partial charge is 0.179 e. The monoisotopic (exact) mass is 311 g/mol. The quantitative estimate of drug-likeness (QED) is 0.888. The molecule has 2 rings (SSSR count). The number of hydrogen-bond donors (Lipinski definition) is 1. The Kier molecular flexibility index (Phi) is 5.77. The lowest BCUT2D eigenvalue weighted by Gasteiger charge is -2.34. The fourth-order valence-corrected chi connectivity index (χ4v) is 3.75. The number of piperidine rings is 1. The Morgan fingerprint density at radius 1 is 1.29 bits per heavy atom. The number of nitrogens with one attached hydrogen (secondary N) is 1. The third-order valence-electron chi connectivity index (χ3n) is 4.30. The Bertz CT molecular complexity index is 476. The van der Waals surface area contributed by atoms with Crippen LogP contribution in [0.25, 0.3) is 0 Å². The molecule has 3 nitrogen and oxygen atoms in total. The summed E-state index contributed by atoms with van der Waals surface area (Å²) in [6.07, 6.45) is 2.33. The standard InChI is InChI=1S/C17H26ClNO2/c1-11(2)9-12-10-19-8-7-13(12)14-5-6-15(20-3)17(21-4)16(14)18/h5-6,11-13,19H,7-10H2,1-4H3. The minimum Gasteiger partial charge on any atom is -0.493 e. The van der Waals surface area contributed by atoms with Gasteiger partial charge in [0.25, 0.3) is 0 Å². The number of hydrogen-bond acceptors (Lipinski definition) is 3. The predicted molar refractivity (Wildman–Crippen MR) is 87.7 cm³/mol. The number of ether oxygens (including phenoxy) is 2. The van der Waals surface area contributed by atoms with Gasteiger partial charge in [-0.2, -0.15) is 0 Å². The van der Waals surface area contributed by atoms with Crippen LogP contribution in [0.2, 0.25) is 5.02 Å². The molecule has 1 N–H and O–H groups in total. The Morgan fingerprint density at radius 3 is 2.67 bits per heavy atom. The molecule has 4 heteroatoms. The molecular formula is C17H26ClNO2. The van der Waals surface area contributed by atoms with Crippen molar-refractivity contribution >= 4 is 11.6 Å². The second-order valence-electron chi connectivity index (χ2n) is 6.19. The molecule has 0 saturated carbocycles. The molecule has 0 aliphatic carbocycles. The van der Waals surface area contributed by atoms with Crippen LogP contribution in [-0.2, 0) is 0 Å². The van der Waals surface area contributed by atoms with Gasteiger partial charge in [-0.25, -0.2) is 0 Å². The SMILES string of the molecule is COc1ccc(C2CCNCC2CC(C)C)c(Cl)c1OC. The Balaban J connectivity index is 2.34. The van der Waals surface area contributed by atoms with Crippen LogP contribution in [0.3, 0.4) is 0 Å². The topological polar surface area (TPSA) is 30.5 Å². The Hall–Kier alpha value is -0.930. The summed E-state index contributed by atoms with van der Waals surface area (Å²) in [6, 6.07) is 4.07. The second-order valence-corrected chi connectivity index (χ2v) is 6.57. The molecule has 2 atom stereocenters. The van der Waals surface area contributed by atoms with E-state index in [0.29, 0.717) is 34.3 Å². The normalized spacial score (nSPS) is 22.4. The van der Waals surface area contributed by atoms with E-state index in [0.717, 1.165) is 19.5 Å². The molecule has 0 bridgehead atoms. The van der Waals surface area contributed by atoms with Gasteiger partial charge >= 0.3 is 0 Å². The Labute approximate surface area is 133 Å². The van der Waals surface area contributed by atoms with Gasteiger partial charge < -0.3 is 14.8 Å². The molecule has 118 valence electrons. The maximum Gasteiger partial charge on any atom is 0.179 e. The Morgan fingerprint density at radius 2 is 2.05 bits per heavy atom. The first-order valence-electron chi connectivity index (χ1n) is 7.69. The number of benzene rings is 1. The molecule has 1 aromatic carbocycles. The molecule has 1 saturated heterocycles. The molecular weight excluding hydrogens is 286 g/mol. The van der Waals surface area contributed by atoms with Crippen LogP contribution < -0.4 is 14.8 Å². The molecule has 2 unspecified atom stereocenters. The molecule has 0 radical (unpaired) electrons. The van der Waals surface area contributed by atoms with Crippen molar-refractivity contribution in [2.45, 2.75) is 32.6 Å². The average molecular weight is 312 g/mol. The zero-order valence-electron chi connectivity index (χ0n) is 13.4. The summed E-state index contributed by atoms with van der Waals surface area (Å²) in [5, 5.41) is 4.22. The maximum atomic E-state index is 6.60. The highest BCUT2D eigenvalue weighted by atomic mass is 35.5. The van der Waals surface area contributed by atoms with Gasteiger partial charge in [-0.15, -0.1) is 0 Å². The minimum atomic E-state index is 0.487. The van der Waals surface area contributed by atoms with Crippen molar-refractivity contribution in [1.29, 1.82) is 0 Å². The van der Waals surface area contributed by atoms with Gasteiger partial charge in [-0.1, -0.05) is 31.5 Å². The van der Waals surface area contributed by atoms with E-state index in [2.05, 4.69) is 25.2 Å². The van der Waals surface area contributed by atoms with E-state index < -0.39 is 0 Å². The molecule has 0 amide bonds. The first kappa shape index (κ1) is 16.4. The highest BCUT2D eigenvalue weighted by Crippen LogP contribution is 2.44. The molecule has 21 heavy (non-hydrogen) atoms. The highest BCUT2D eigenvalue weighted by molar-refractivity contribution is 6.33. The van der Waals surface area contributed by atoms with Crippen molar-refractivity contribution in [3.63, 3.8) is 0 Å². The first-order chi connectivity index (χ1) is 10.1. The molecule has 0 aromatic heterocycles. The van der Waals surface area contributed by atoms with E-state index in [4.69, 9.17) is 21.1 Å². The van der Waals surface area contributed by atoms with E-state index in [9.17, 15) is 0 Å². The van der Waals surface area contributed by atoms with Gasteiger partial charge in [0.05, 0.1) is 19.2 Å². The van der Waals surface area contributed by atoms with Crippen molar-refractivity contribution in [3.05, 3.63) is 22.7 Å². The first-order valence-corrected chi connectivity index (χ1v) is 8.07. The van der Waals surface area contributed by atoms with Crippen molar-refractivity contribution in [2.24, 2.45) is 11.8 Å². The number of halogens is 1. The fraction of sp³-hybridized carbons (Fsp3) is 0.647. The maximum absolute atomic E-state index is 6.60. The number of methoxy groups -OCH3 is 2. The van der Waals surface area contributed by atoms with Crippen LogP contribution in [0.4, 0.5) is 0 Å². The van der Waals surface area contributed by atoms with Crippen molar-refractivity contribution in [3.8, 4) is 11.5 Å². The van der Waals surface area contributed by atoms with Crippen molar-refractivity contribution in [2.75, 3.05) is 27.3 Å². The molecule has 1 aromatic rings. The fourth-order valence-electron chi connectivity index (χ4n) is 3.38. The lowest BCUT2D eigenvalue weighted by atomic mass is 9.77. The van der Waals surface area contributed by atoms with Crippen LogP contribution in [0.1, 0.15) is 38.2 Å². The van der Waals surface area contributed by atoms with E-state index in [1.54, 1.807) is 14.2 Å².